The molecule has 0 atom stereocenters. The number of para-hydroxylation sites is 2. The Kier molecular flexibility index (Phi) is 5.30. The monoisotopic (exact) mass is 432 g/mol. The Morgan fingerprint density at radius 3 is 2.50 bits per heavy atom. The molecule has 0 fully saturated rings. The lowest BCUT2D eigenvalue weighted by molar-refractivity contribution is 0.414. The minimum Gasteiger partial charge on any atom is -0.496 e. The van der Waals surface area contributed by atoms with Gasteiger partial charge in [0.15, 0.2) is 11.6 Å². The van der Waals surface area contributed by atoms with E-state index in [4.69, 9.17) is 14.7 Å². The van der Waals surface area contributed by atoms with Crippen LogP contribution in [-0.4, -0.2) is 23.3 Å². The van der Waals surface area contributed by atoms with Crippen LogP contribution in [-0.2, 0) is 0 Å². The van der Waals surface area contributed by atoms with Gasteiger partial charge in [-0.25, -0.2) is 9.97 Å². The summed E-state index contributed by atoms with van der Waals surface area (Å²) in [6.45, 7) is 0. The molecular formula is C22H17BrN4O. The molecule has 1 aromatic heterocycles. The maximum atomic E-state index is 5.36. The van der Waals surface area contributed by atoms with Gasteiger partial charge < -0.3 is 4.74 Å². The SMILES string of the molecule is COc1ccccc1/C=N\Nc1nc(-c2ccc(Br)cc2)nc2ccccc12. The standard InChI is InChI=1S/C22H17BrN4O/c1-28-20-9-5-2-6-16(20)14-24-27-22-18-7-3-4-8-19(18)25-21(26-22)15-10-12-17(23)13-11-15/h2-14H,1H3,(H,25,26,27)/b24-14-. The molecule has 1 heterocycles. The number of halogens is 1. The first-order valence-corrected chi connectivity index (χ1v) is 9.49. The summed E-state index contributed by atoms with van der Waals surface area (Å²) < 4.78 is 6.37. The third-order valence-corrected chi connectivity index (χ3v) is 4.75. The molecule has 0 unspecified atom stereocenters. The van der Waals surface area contributed by atoms with E-state index in [1.165, 1.54) is 0 Å². The van der Waals surface area contributed by atoms with Crippen LogP contribution in [0.15, 0.2) is 82.4 Å². The third kappa shape index (κ3) is 3.87. The number of aromatic nitrogens is 2. The summed E-state index contributed by atoms with van der Waals surface area (Å²) in [5, 5.41) is 5.27. The first-order chi connectivity index (χ1) is 13.7. The average molecular weight is 433 g/mol. The van der Waals surface area contributed by atoms with Gasteiger partial charge in [0.25, 0.3) is 0 Å². The molecule has 0 amide bonds. The van der Waals surface area contributed by atoms with Gasteiger partial charge in [0.2, 0.25) is 0 Å². The molecule has 0 aliphatic carbocycles. The molecule has 0 radical (unpaired) electrons. The molecule has 6 heteroatoms. The Bertz CT molecular complexity index is 1140. The summed E-state index contributed by atoms with van der Waals surface area (Å²) in [4.78, 5) is 9.38. The zero-order valence-electron chi connectivity index (χ0n) is 15.1. The smallest absolute Gasteiger partial charge is 0.162 e. The highest BCUT2D eigenvalue weighted by molar-refractivity contribution is 9.10. The number of methoxy groups -OCH3 is 1. The number of ether oxygens (including phenoxy) is 1. The second-order valence-corrected chi connectivity index (χ2v) is 6.95. The predicted octanol–water partition coefficient (Wildman–Crippen LogP) is 5.51. The van der Waals surface area contributed by atoms with Crippen molar-refractivity contribution < 1.29 is 4.74 Å². The molecule has 138 valence electrons. The minimum absolute atomic E-state index is 0.640. The largest absolute Gasteiger partial charge is 0.496 e. The molecule has 0 spiro atoms. The summed E-state index contributed by atoms with van der Waals surface area (Å²) >= 11 is 3.46. The van der Waals surface area contributed by atoms with Gasteiger partial charge in [-0.2, -0.15) is 5.10 Å². The number of nitrogens with zero attached hydrogens (tertiary/aromatic N) is 3. The molecule has 4 aromatic rings. The van der Waals surface area contributed by atoms with Crippen LogP contribution in [0.25, 0.3) is 22.3 Å². The van der Waals surface area contributed by atoms with Gasteiger partial charge in [-0.3, -0.25) is 5.43 Å². The number of rotatable bonds is 5. The number of benzene rings is 3. The molecule has 3 aromatic carbocycles. The summed E-state index contributed by atoms with van der Waals surface area (Å²) in [5.41, 5.74) is 5.73. The number of nitrogens with one attached hydrogen (secondary N) is 1. The van der Waals surface area contributed by atoms with Gasteiger partial charge in [-0.1, -0.05) is 52.3 Å². The fourth-order valence-corrected chi connectivity index (χ4v) is 3.09. The Balaban J connectivity index is 1.71. The van der Waals surface area contributed by atoms with E-state index in [-0.39, 0.29) is 0 Å². The molecule has 1 N–H and O–H groups in total. The number of hydrogen-bond acceptors (Lipinski definition) is 5. The van der Waals surface area contributed by atoms with Crippen molar-refractivity contribution in [3.05, 3.63) is 82.8 Å². The lowest BCUT2D eigenvalue weighted by Crippen LogP contribution is -1.99. The summed E-state index contributed by atoms with van der Waals surface area (Å²) in [6, 6.07) is 23.5. The van der Waals surface area contributed by atoms with E-state index in [0.717, 1.165) is 32.3 Å². The van der Waals surface area contributed by atoms with Crippen molar-refractivity contribution in [1.82, 2.24) is 9.97 Å². The van der Waals surface area contributed by atoms with Gasteiger partial charge in [0.05, 0.1) is 18.8 Å². The second kappa shape index (κ2) is 8.19. The Labute approximate surface area is 171 Å². The lowest BCUT2D eigenvalue weighted by atomic mass is 10.2. The maximum Gasteiger partial charge on any atom is 0.162 e. The van der Waals surface area contributed by atoms with E-state index in [1.807, 2.05) is 72.8 Å². The van der Waals surface area contributed by atoms with Gasteiger partial charge in [0, 0.05) is 21.0 Å². The van der Waals surface area contributed by atoms with E-state index in [1.54, 1.807) is 13.3 Å². The number of fused-ring (bicyclic) bond motifs is 1. The number of anilines is 1. The Hall–Kier alpha value is -3.25. The summed E-state index contributed by atoms with van der Waals surface area (Å²) in [7, 11) is 1.64. The van der Waals surface area contributed by atoms with Crippen LogP contribution in [0.1, 0.15) is 5.56 Å². The van der Waals surface area contributed by atoms with Gasteiger partial charge in [-0.15, -0.1) is 0 Å². The molecule has 5 nitrogen and oxygen atoms in total. The normalized spacial score (nSPS) is 11.1. The maximum absolute atomic E-state index is 5.36. The highest BCUT2D eigenvalue weighted by atomic mass is 79.9. The molecular weight excluding hydrogens is 416 g/mol. The molecule has 0 saturated carbocycles. The van der Waals surface area contributed by atoms with E-state index < -0.39 is 0 Å². The van der Waals surface area contributed by atoms with Crippen molar-refractivity contribution in [1.29, 1.82) is 0 Å². The lowest BCUT2D eigenvalue weighted by Gasteiger charge is -2.08. The van der Waals surface area contributed by atoms with Crippen LogP contribution < -0.4 is 10.2 Å². The fourth-order valence-electron chi connectivity index (χ4n) is 2.83. The van der Waals surface area contributed by atoms with Crippen molar-refractivity contribution in [3.63, 3.8) is 0 Å². The van der Waals surface area contributed by atoms with Crippen molar-refractivity contribution in [2.75, 3.05) is 12.5 Å². The van der Waals surface area contributed by atoms with E-state index in [9.17, 15) is 0 Å². The number of hydrazone groups is 1. The molecule has 28 heavy (non-hydrogen) atoms. The van der Waals surface area contributed by atoms with E-state index >= 15 is 0 Å². The van der Waals surface area contributed by atoms with Crippen LogP contribution in [0.3, 0.4) is 0 Å². The summed E-state index contributed by atoms with van der Waals surface area (Å²) in [6.07, 6.45) is 1.72. The molecule has 4 rings (SSSR count). The topological polar surface area (TPSA) is 59.4 Å². The average Bonchev–Trinajstić information content (AvgIpc) is 2.74. The summed E-state index contributed by atoms with van der Waals surface area (Å²) in [5.74, 6) is 2.05. The highest BCUT2D eigenvalue weighted by Gasteiger charge is 2.09. The molecule has 0 aliphatic heterocycles. The van der Waals surface area contributed by atoms with Crippen molar-refractivity contribution in [2.45, 2.75) is 0 Å². The highest BCUT2D eigenvalue weighted by Crippen LogP contribution is 2.26. The van der Waals surface area contributed by atoms with E-state index in [2.05, 4.69) is 26.5 Å². The van der Waals surface area contributed by atoms with Crippen molar-refractivity contribution >= 4 is 38.9 Å². The van der Waals surface area contributed by atoms with Gasteiger partial charge in [0.1, 0.15) is 5.75 Å². The zero-order chi connectivity index (χ0) is 19.3. The van der Waals surface area contributed by atoms with Crippen LogP contribution in [0.5, 0.6) is 5.75 Å². The van der Waals surface area contributed by atoms with Gasteiger partial charge >= 0.3 is 0 Å². The second-order valence-electron chi connectivity index (χ2n) is 6.03. The third-order valence-electron chi connectivity index (χ3n) is 4.22. The molecule has 0 bridgehead atoms. The van der Waals surface area contributed by atoms with Crippen LogP contribution >= 0.6 is 15.9 Å². The van der Waals surface area contributed by atoms with Crippen molar-refractivity contribution in [3.8, 4) is 17.1 Å². The minimum atomic E-state index is 0.640. The molecule has 0 saturated heterocycles. The zero-order valence-corrected chi connectivity index (χ0v) is 16.7. The van der Waals surface area contributed by atoms with Crippen LogP contribution in [0, 0.1) is 0 Å². The quantitative estimate of drug-likeness (QED) is 0.333. The van der Waals surface area contributed by atoms with Crippen LogP contribution in [0.4, 0.5) is 5.82 Å². The Morgan fingerprint density at radius 1 is 0.929 bits per heavy atom. The molecule has 0 aliphatic rings. The number of hydrogen-bond donors (Lipinski definition) is 1. The first kappa shape index (κ1) is 18.1. The Morgan fingerprint density at radius 2 is 1.68 bits per heavy atom. The fraction of sp³-hybridized carbons (Fsp3) is 0.0455. The van der Waals surface area contributed by atoms with Gasteiger partial charge in [-0.05, 0) is 36.4 Å². The predicted molar refractivity (Wildman–Crippen MR) is 117 cm³/mol. The van der Waals surface area contributed by atoms with Crippen LogP contribution in [0.2, 0.25) is 0 Å². The first-order valence-electron chi connectivity index (χ1n) is 8.69. The van der Waals surface area contributed by atoms with E-state index in [0.29, 0.717) is 11.6 Å². The van der Waals surface area contributed by atoms with Crippen molar-refractivity contribution in [2.24, 2.45) is 5.10 Å².